The van der Waals surface area contributed by atoms with Crippen LogP contribution in [0.25, 0.3) is 0 Å². The highest BCUT2D eigenvalue weighted by molar-refractivity contribution is 7.09. The topological polar surface area (TPSA) is 24.9 Å². The predicted molar refractivity (Wildman–Crippen MR) is 85.2 cm³/mol. The first kappa shape index (κ1) is 13.8. The summed E-state index contributed by atoms with van der Waals surface area (Å²) in [5, 5.41) is 7.05. The Morgan fingerprint density at radius 2 is 2.10 bits per heavy atom. The molecule has 3 heteroatoms. The zero-order valence-corrected chi connectivity index (χ0v) is 13.3. The fourth-order valence-electron chi connectivity index (χ4n) is 2.72. The zero-order chi connectivity index (χ0) is 14.2. The number of hydrogen-bond acceptors (Lipinski definition) is 3. The van der Waals surface area contributed by atoms with Gasteiger partial charge in [-0.1, -0.05) is 45.0 Å². The first-order chi connectivity index (χ1) is 9.54. The minimum Gasteiger partial charge on any atom is -0.304 e. The van der Waals surface area contributed by atoms with Crippen molar-refractivity contribution >= 4 is 11.3 Å². The van der Waals surface area contributed by atoms with Gasteiger partial charge in [-0.2, -0.15) is 0 Å². The summed E-state index contributed by atoms with van der Waals surface area (Å²) in [5.41, 5.74) is 4.32. The number of rotatable bonds is 3. The molecule has 106 valence electrons. The van der Waals surface area contributed by atoms with Crippen molar-refractivity contribution in [1.29, 1.82) is 0 Å². The second kappa shape index (κ2) is 5.30. The lowest BCUT2D eigenvalue weighted by atomic mass is 9.93. The second-order valence-corrected chi connectivity index (χ2v) is 7.49. The van der Waals surface area contributed by atoms with Crippen LogP contribution in [-0.4, -0.2) is 4.98 Å². The zero-order valence-electron chi connectivity index (χ0n) is 12.4. The quantitative estimate of drug-likeness (QED) is 0.914. The minimum atomic E-state index is 0.148. The lowest BCUT2D eigenvalue weighted by Crippen LogP contribution is -2.19. The number of nitrogens with one attached hydrogen (secondary N) is 1. The Labute approximate surface area is 125 Å². The number of aryl methyl sites for hydroxylation is 1. The monoisotopic (exact) mass is 286 g/mol. The number of aromatic nitrogens is 1. The number of fused-ring (bicyclic) bond motifs is 1. The minimum absolute atomic E-state index is 0.148. The van der Waals surface area contributed by atoms with Gasteiger partial charge in [0.25, 0.3) is 0 Å². The number of hydrogen-bond donors (Lipinski definition) is 1. The lowest BCUT2D eigenvalue weighted by molar-refractivity contribution is 0.524. The highest BCUT2D eigenvalue weighted by Gasteiger charge is 2.22. The number of thiazole rings is 1. The van der Waals surface area contributed by atoms with Gasteiger partial charge in [-0.25, -0.2) is 4.98 Å². The van der Waals surface area contributed by atoms with Gasteiger partial charge >= 0.3 is 0 Å². The number of benzene rings is 1. The van der Waals surface area contributed by atoms with Crippen LogP contribution in [0, 0.1) is 0 Å². The molecule has 0 aliphatic heterocycles. The molecule has 0 fully saturated rings. The molecule has 0 radical (unpaired) electrons. The first-order valence-electron chi connectivity index (χ1n) is 7.30. The maximum atomic E-state index is 4.75. The SMILES string of the molecule is CC(C)(C)c1csc(CNC2CCc3ccccc32)n1. The Balaban J connectivity index is 1.65. The van der Waals surface area contributed by atoms with Gasteiger partial charge in [-0.3, -0.25) is 0 Å². The predicted octanol–water partition coefficient (Wildman–Crippen LogP) is 4.22. The van der Waals surface area contributed by atoms with Crippen LogP contribution < -0.4 is 5.32 Å². The van der Waals surface area contributed by atoms with E-state index in [1.807, 2.05) is 0 Å². The van der Waals surface area contributed by atoms with Gasteiger partial charge in [0, 0.05) is 23.4 Å². The van der Waals surface area contributed by atoms with Crippen molar-refractivity contribution in [2.24, 2.45) is 0 Å². The molecular formula is C17H22N2S. The van der Waals surface area contributed by atoms with E-state index in [0.717, 1.165) is 6.54 Å². The molecule has 1 N–H and O–H groups in total. The molecule has 20 heavy (non-hydrogen) atoms. The van der Waals surface area contributed by atoms with Crippen LogP contribution in [0.4, 0.5) is 0 Å². The molecule has 1 atom stereocenters. The van der Waals surface area contributed by atoms with Crippen LogP contribution in [0.15, 0.2) is 29.6 Å². The molecule has 2 aromatic rings. The fraction of sp³-hybridized carbons (Fsp3) is 0.471. The molecule has 0 bridgehead atoms. The third kappa shape index (κ3) is 2.79. The molecule has 1 aromatic heterocycles. The van der Waals surface area contributed by atoms with Gasteiger partial charge in [0.1, 0.15) is 5.01 Å². The van der Waals surface area contributed by atoms with Crippen LogP contribution in [0.1, 0.15) is 55.1 Å². The van der Waals surface area contributed by atoms with Gasteiger partial charge in [0.15, 0.2) is 0 Å². The summed E-state index contributed by atoms with van der Waals surface area (Å²) in [6.45, 7) is 7.52. The van der Waals surface area contributed by atoms with Crippen LogP contribution in [-0.2, 0) is 18.4 Å². The molecule has 2 nitrogen and oxygen atoms in total. The van der Waals surface area contributed by atoms with Crippen molar-refractivity contribution in [3.05, 3.63) is 51.5 Å². The molecule has 0 saturated heterocycles. The van der Waals surface area contributed by atoms with Crippen molar-refractivity contribution in [3.63, 3.8) is 0 Å². The van der Waals surface area contributed by atoms with Crippen LogP contribution in [0.3, 0.4) is 0 Å². The van der Waals surface area contributed by atoms with Gasteiger partial charge in [0.05, 0.1) is 5.69 Å². The summed E-state index contributed by atoms with van der Waals surface area (Å²) in [4.78, 5) is 4.75. The summed E-state index contributed by atoms with van der Waals surface area (Å²) in [7, 11) is 0. The van der Waals surface area contributed by atoms with Gasteiger partial charge < -0.3 is 5.32 Å². The molecule has 0 spiro atoms. The van der Waals surface area contributed by atoms with Crippen molar-refractivity contribution in [2.45, 2.75) is 51.6 Å². The smallest absolute Gasteiger partial charge is 0.107 e. The Morgan fingerprint density at radius 3 is 2.85 bits per heavy atom. The summed E-state index contributed by atoms with van der Waals surface area (Å²) in [6, 6.07) is 9.27. The summed E-state index contributed by atoms with van der Waals surface area (Å²) in [6.07, 6.45) is 2.40. The Hall–Kier alpha value is -1.19. The van der Waals surface area contributed by atoms with Gasteiger partial charge in [0.2, 0.25) is 0 Å². The van der Waals surface area contributed by atoms with E-state index in [1.165, 1.54) is 34.7 Å². The van der Waals surface area contributed by atoms with E-state index in [2.05, 4.69) is 55.7 Å². The highest BCUT2D eigenvalue weighted by atomic mass is 32.1. The van der Waals surface area contributed by atoms with Crippen molar-refractivity contribution in [2.75, 3.05) is 0 Å². The molecule has 1 aromatic carbocycles. The Kier molecular flexibility index (Phi) is 3.65. The van der Waals surface area contributed by atoms with E-state index in [1.54, 1.807) is 11.3 Å². The summed E-state index contributed by atoms with van der Waals surface area (Å²) < 4.78 is 0. The van der Waals surface area contributed by atoms with E-state index in [-0.39, 0.29) is 5.41 Å². The Bertz CT molecular complexity index is 595. The molecule has 0 saturated carbocycles. The molecule has 1 heterocycles. The van der Waals surface area contributed by atoms with Crippen LogP contribution >= 0.6 is 11.3 Å². The molecule has 1 unspecified atom stereocenters. The molecule has 1 aliphatic carbocycles. The standard InChI is InChI=1S/C17H22N2S/c1-17(2,3)15-11-20-16(19-15)10-18-14-9-8-12-6-4-5-7-13(12)14/h4-7,11,14,18H,8-10H2,1-3H3. The second-order valence-electron chi connectivity index (χ2n) is 6.55. The lowest BCUT2D eigenvalue weighted by Gasteiger charge is -2.15. The van der Waals surface area contributed by atoms with E-state index < -0.39 is 0 Å². The third-order valence-corrected chi connectivity index (χ3v) is 4.80. The first-order valence-corrected chi connectivity index (χ1v) is 8.18. The van der Waals surface area contributed by atoms with Gasteiger partial charge in [-0.15, -0.1) is 11.3 Å². The normalized spacial score (nSPS) is 18.2. The maximum absolute atomic E-state index is 4.75. The maximum Gasteiger partial charge on any atom is 0.107 e. The largest absolute Gasteiger partial charge is 0.304 e. The fourth-order valence-corrected chi connectivity index (χ4v) is 3.69. The van der Waals surface area contributed by atoms with Crippen molar-refractivity contribution in [3.8, 4) is 0 Å². The van der Waals surface area contributed by atoms with E-state index in [9.17, 15) is 0 Å². The molecule has 0 amide bonds. The molecule has 1 aliphatic rings. The Morgan fingerprint density at radius 1 is 1.30 bits per heavy atom. The summed E-state index contributed by atoms with van der Waals surface area (Å²) >= 11 is 1.77. The van der Waals surface area contributed by atoms with E-state index in [0.29, 0.717) is 6.04 Å². The van der Waals surface area contributed by atoms with Crippen molar-refractivity contribution < 1.29 is 0 Å². The average molecular weight is 286 g/mol. The molecule has 3 rings (SSSR count). The van der Waals surface area contributed by atoms with E-state index in [4.69, 9.17) is 4.98 Å². The van der Waals surface area contributed by atoms with Crippen molar-refractivity contribution in [1.82, 2.24) is 10.3 Å². The van der Waals surface area contributed by atoms with Crippen LogP contribution in [0.5, 0.6) is 0 Å². The van der Waals surface area contributed by atoms with Crippen LogP contribution in [0.2, 0.25) is 0 Å². The number of nitrogens with zero attached hydrogens (tertiary/aromatic N) is 1. The van der Waals surface area contributed by atoms with E-state index >= 15 is 0 Å². The highest BCUT2D eigenvalue weighted by Crippen LogP contribution is 2.31. The summed E-state index contributed by atoms with van der Waals surface area (Å²) in [5.74, 6) is 0. The van der Waals surface area contributed by atoms with Gasteiger partial charge in [-0.05, 0) is 24.0 Å². The molecular weight excluding hydrogens is 264 g/mol. The average Bonchev–Trinajstić information content (AvgIpc) is 3.02. The third-order valence-electron chi connectivity index (χ3n) is 3.95.